The highest BCUT2D eigenvalue weighted by Gasteiger charge is 2.34. The van der Waals surface area contributed by atoms with Gasteiger partial charge in [-0.15, -0.1) is 11.8 Å². The zero-order valence-electron chi connectivity index (χ0n) is 19.0. The number of likely N-dealkylation sites (tertiary alicyclic amines) is 1. The van der Waals surface area contributed by atoms with E-state index in [0.29, 0.717) is 35.2 Å². The number of aromatic nitrogens is 1. The number of carboxylic acids is 1. The number of thiophene rings is 1. The molecule has 3 aromatic rings. The fourth-order valence-corrected chi connectivity index (χ4v) is 6.70. The van der Waals surface area contributed by atoms with Gasteiger partial charge in [0.1, 0.15) is 11.9 Å². The SMILES string of the molecule is COc1ccc2ncc(Cl)c(C(F)CCC3CCN(CCSc4ccsc4)CC3C(=O)O)c2c1. The summed E-state index contributed by atoms with van der Waals surface area (Å²) < 4.78 is 20.8. The molecule has 1 aromatic carbocycles. The van der Waals surface area contributed by atoms with E-state index in [9.17, 15) is 9.90 Å². The molecule has 2 aromatic heterocycles. The first-order valence-electron chi connectivity index (χ1n) is 11.3. The molecular weight excluding hydrogens is 495 g/mol. The van der Waals surface area contributed by atoms with Crippen molar-refractivity contribution in [1.29, 1.82) is 0 Å². The average molecular weight is 523 g/mol. The van der Waals surface area contributed by atoms with Crippen LogP contribution in [-0.2, 0) is 4.79 Å². The lowest BCUT2D eigenvalue weighted by Crippen LogP contribution is -2.44. The first kappa shape index (κ1) is 25.2. The summed E-state index contributed by atoms with van der Waals surface area (Å²) in [6.45, 7) is 2.20. The maximum Gasteiger partial charge on any atom is 0.308 e. The molecule has 3 unspecified atom stereocenters. The van der Waals surface area contributed by atoms with Crippen LogP contribution in [0.15, 0.2) is 46.1 Å². The minimum atomic E-state index is -1.31. The van der Waals surface area contributed by atoms with Gasteiger partial charge >= 0.3 is 5.97 Å². The number of aliphatic carboxylic acids is 1. The van der Waals surface area contributed by atoms with Gasteiger partial charge in [0.15, 0.2) is 0 Å². The van der Waals surface area contributed by atoms with Gasteiger partial charge in [0, 0.05) is 46.3 Å². The molecule has 3 heterocycles. The number of hydrogen-bond acceptors (Lipinski definition) is 6. The number of ether oxygens (including phenoxy) is 1. The molecule has 0 aliphatic carbocycles. The van der Waals surface area contributed by atoms with Gasteiger partial charge in [-0.3, -0.25) is 9.78 Å². The Bertz CT molecular complexity index is 1110. The number of piperidine rings is 1. The lowest BCUT2D eigenvalue weighted by molar-refractivity contribution is -0.146. The predicted molar refractivity (Wildman–Crippen MR) is 137 cm³/mol. The van der Waals surface area contributed by atoms with E-state index in [1.807, 2.05) is 0 Å². The van der Waals surface area contributed by atoms with Crippen molar-refractivity contribution in [2.75, 3.05) is 32.5 Å². The van der Waals surface area contributed by atoms with E-state index in [1.54, 1.807) is 48.4 Å². The zero-order chi connectivity index (χ0) is 24.1. The van der Waals surface area contributed by atoms with E-state index in [1.165, 1.54) is 11.1 Å². The summed E-state index contributed by atoms with van der Waals surface area (Å²) in [5, 5.41) is 15.0. The second-order valence-corrected chi connectivity index (χ2v) is 10.9. The lowest BCUT2D eigenvalue weighted by atomic mass is 9.81. The number of benzene rings is 1. The number of nitrogens with zero attached hydrogens (tertiary/aromatic N) is 2. The predicted octanol–water partition coefficient (Wildman–Crippen LogP) is 6.56. The Morgan fingerprint density at radius 3 is 3.03 bits per heavy atom. The number of hydrogen-bond donors (Lipinski definition) is 1. The molecule has 5 nitrogen and oxygen atoms in total. The number of fused-ring (bicyclic) bond motifs is 1. The third-order valence-electron chi connectivity index (χ3n) is 6.50. The summed E-state index contributed by atoms with van der Waals surface area (Å²) in [6, 6.07) is 7.42. The van der Waals surface area contributed by atoms with Crippen molar-refractivity contribution in [1.82, 2.24) is 9.88 Å². The minimum absolute atomic E-state index is 0.0575. The first-order valence-corrected chi connectivity index (χ1v) is 13.6. The second kappa shape index (κ2) is 11.7. The normalized spacial score (nSPS) is 19.9. The van der Waals surface area contributed by atoms with Gasteiger partial charge in [-0.25, -0.2) is 4.39 Å². The molecule has 4 rings (SSSR count). The molecular formula is C25H28ClFN2O3S2. The Morgan fingerprint density at radius 2 is 2.29 bits per heavy atom. The van der Waals surface area contributed by atoms with Gasteiger partial charge < -0.3 is 14.7 Å². The van der Waals surface area contributed by atoms with E-state index in [2.05, 4.69) is 26.7 Å². The Morgan fingerprint density at radius 1 is 1.44 bits per heavy atom. The quantitative estimate of drug-likeness (QED) is 0.304. The maximum atomic E-state index is 15.5. The van der Waals surface area contributed by atoms with E-state index < -0.39 is 18.1 Å². The number of rotatable bonds is 10. The van der Waals surface area contributed by atoms with Gasteiger partial charge in [-0.2, -0.15) is 11.3 Å². The summed E-state index contributed by atoms with van der Waals surface area (Å²) in [7, 11) is 1.56. The smallest absolute Gasteiger partial charge is 0.308 e. The van der Waals surface area contributed by atoms with Gasteiger partial charge in [0.25, 0.3) is 0 Å². The molecule has 1 saturated heterocycles. The second-order valence-electron chi connectivity index (χ2n) is 8.55. The molecule has 0 saturated carbocycles. The number of alkyl halides is 1. The molecule has 182 valence electrons. The van der Waals surface area contributed by atoms with Gasteiger partial charge in [-0.1, -0.05) is 11.6 Å². The highest BCUT2D eigenvalue weighted by atomic mass is 35.5. The topological polar surface area (TPSA) is 62.7 Å². The zero-order valence-corrected chi connectivity index (χ0v) is 21.3. The third-order valence-corrected chi connectivity index (χ3v) is 8.61. The summed E-state index contributed by atoms with van der Waals surface area (Å²) in [4.78, 5) is 19.8. The molecule has 3 atom stereocenters. The Hall–Kier alpha value is -1.87. The Kier molecular flexibility index (Phi) is 8.69. The highest BCUT2D eigenvalue weighted by Crippen LogP contribution is 2.38. The third kappa shape index (κ3) is 6.03. The first-order chi connectivity index (χ1) is 16.5. The monoisotopic (exact) mass is 522 g/mol. The van der Waals surface area contributed by atoms with Gasteiger partial charge in [0.05, 0.1) is 23.6 Å². The van der Waals surface area contributed by atoms with Crippen LogP contribution in [0.1, 0.15) is 31.0 Å². The summed E-state index contributed by atoms with van der Waals surface area (Å²) in [6.07, 6.45) is 1.65. The fourth-order valence-electron chi connectivity index (χ4n) is 4.64. The van der Waals surface area contributed by atoms with Crippen molar-refractivity contribution in [3.63, 3.8) is 0 Å². The number of pyridine rings is 1. The van der Waals surface area contributed by atoms with E-state index >= 15 is 4.39 Å². The van der Waals surface area contributed by atoms with Gasteiger partial charge in [-0.05, 0) is 61.4 Å². The maximum absolute atomic E-state index is 15.5. The number of carboxylic acid groups (broad SMARTS) is 1. The molecule has 1 aliphatic rings. The van der Waals surface area contributed by atoms with Crippen molar-refractivity contribution in [3.05, 3.63) is 51.8 Å². The van der Waals surface area contributed by atoms with Crippen LogP contribution in [0.3, 0.4) is 0 Å². The number of thioether (sulfide) groups is 1. The van der Waals surface area contributed by atoms with Crippen molar-refractivity contribution >= 4 is 51.6 Å². The molecule has 0 amide bonds. The van der Waals surface area contributed by atoms with Crippen LogP contribution >= 0.6 is 34.7 Å². The van der Waals surface area contributed by atoms with Crippen LogP contribution in [-0.4, -0.2) is 53.5 Å². The molecule has 0 radical (unpaired) electrons. The molecule has 34 heavy (non-hydrogen) atoms. The average Bonchev–Trinajstić information content (AvgIpc) is 3.36. The van der Waals surface area contributed by atoms with Crippen LogP contribution in [0.4, 0.5) is 4.39 Å². The van der Waals surface area contributed by atoms with Crippen molar-refractivity contribution in [3.8, 4) is 5.75 Å². The van der Waals surface area contributed by atoms with E-state index in [4.69, 9.17) is 16.3 Å². The number of methoxy groups -OCH3 is 1. The largest absolute Gasteiger partial charge is 0.497 e. The number of halogens is 2. The van der Waals surface area contributed by atoms with E-state index in [0.717, 1.165) is 25.3 Å². The molecule has 0 spiro atoms. The molecule has 0 bridgehead atoms. The molecule has 1 aliphatic heterocycles. The molecule has 1 fully saturated rings. The summed E-state index contributed by atoms with van der Waals surface area (Å²) in [5.74, 6) is 0.195. The van der Waals surface area contributed by atoms with Crippen LogP contribution < -0.4 is 4.74 Å². The van der Waals surface area contributed by atoms with Crippen molar-refractivity contribution < 1.29 is 19.0 Å². The molecule has 9 heteroatoms. The fraction of sp³-hybridized carbons (Fsp3) is 0.440. The highest BCUT2D eigenvalue weighted by molar-refractivity contribution is 7.99. The number of carbonyl (C=O) groups is 1. The Labute approximate surface area is 212 Å². The summed E-state index contributed by atoms with van der Waals surface area (Å²) in [5.41, 5.74) is 1.06. The van der Waals surface area contributed by atoms with Crippen molar-refractivity contribution in [2.24, 2.45) is 11.8 Å². The van der Waals surface area contributed by atoms with Crippen LogP contribution in [0.5, 0.6) is 5.75 Å². The van der Waals surface area contributed by atoms with Crippen LogP contribution in [0.2, 0.25) is 5.02 Å². The van der Waals surface area contributed by atoms with Crippen LogP contribution in [0, 0.1) is 11.8 Å². The van der Waals surface area contributed by atoms with E-state index in [-0.39, 0.29) is 17.4 Å². The van der Waals surface area contributed by atoms with Crippen molar-refractivity contribution in [2.45, 2.75) is 30.3 Å². The lowest BCUT2D eigenvalue weighted by Gasteiger charge is -2.36. The standard InChI is InChI=1S/C25H28ClFN2O3S2/c1-32-17-3-5-23-19(12-17)24(21(26)13-28-23)22(27)4-2-16-6-8-29(14-20(16)25(30)31)9-11-34-18-7-10-33-15-18/h3,5,7,10,12-13,15-16,20,22H,2,4,6,8-9,11,14H2,1H3,(H,30,31). The molecule has 1 N–H and O–H groups in total. The summed E-state index contributed by atoms with van der Waals surface area (Å²) >= 11 is 9.82. The Balaban J connectivity index is 1.38. The van der Waals surface area contributed by atoms with Gasteiger partial charge in [0.2, 0.25) is 0 Å². The van der Waals surface area contributed by atoms with Crippen LogP contribution in [0.25, 0.3) is 10.9 Å². The minimum Gasteiger partial charge on any atom is -0.497 e.